The third-order valence-electron chi connectivity index (χ3n) is 5.00. The third-order valence-corrected chi connectivity index (χ3v) is 5.00. The van der Waals surface area contributed by atoms with Gasteiger partial charge >= 0.3 is 11.6 Å². The van der Waals surface area contributed by atoms with Crippen LogP contribution in [0.5, 0.6) is 5.75 Å². The Kier molecular flexibility index (Phi) is 3.82. The first-order chi connectivity index (χ1) is 12.2. The summed E-state index contributed by atoms with van der Waals surface area (Å²) >= 11 is 0. The van der Waals surface area contributed by atoms with Gasteiger partial charge in [-0.15, -0.1) is 0 Å². The first-order valence-corrected chi connectivity index (χ1v) is 8.53. The number of benzene rings is 1. The molecular formula is C19H20O7. The SMILES string of the molecule is C[C@]1(O)C[C@@H](C[C@@]2(C)O[C@H]2COc2ccc3ccc(=O)oc3c2)OC1=O. The number of carbonyl (C=O) groups excluding carboxylic acids is 1. The fourth-order valence-electron chi connectivity index (χ4n) is 3.40. The number of esters is 1. The number of cyclic esters (lactones) is 1. The Hall–Kier alpha value is -2.38. The molecule has 0 amide bonds. The van der Waals surface area contributed by atoms with Crippen molar-refractivity contribution >= 4 is 16.9 Å². The summed E-state index contributed by atoms with van der Waals surface area (Å²) in [7, 11) is 0. The number of rotatable bonds is 5. The Morgan fingerprint density at radius 1 is 1.23 bits per heavy atom. The number of epoxide rings is 1. The molecule has 26 heavy (non-hydrogen) atoms. The Morgan fingerprint density at radius 2 is 2.00 bits per heavy atom. The Labute approximate surface area is 149 Å². The topological polar surface area (TPSA) is 98.5 Å². The van der Waals surface area contributed by atoms with Gasteiger partial charge in [0.05, 0.1) is 5.60 Å². The van der Waals surface area contributed by atoms with Crippen molar-refractivity contribution in [2.75, 3.05) is 6.61 Å². The minimum atomic E-state index is -1.42. The van der Waals surface area contributed by atoms with Crippen molar-refractivity contribution in [1.29, 1.82) is 0 Å². The molecular weight excluding hydrogens is 340 g/mol. The van der Waals surface area contributed by atoms with E-state index in [1.165, 1.54) is 13.0 Å². The molecule has 2 aliphatic rings. The minimum absolute atomic E-state index is 0.134. The van der Waals surface area contributed by atoms with Crippen molar-refractivity contribution in [3.8, 4) is 5.75 Å². The van der Waals surface area contributed by atoms with Crippen LogP contribution in [0.4, 0.5) is 0 Å². The molecule has 0 saturated carbocycles. The van der Waals surface area contributed by atoms with Crippen LogP contribution in [-0.2, 0) is 14.3 Å². The number of fused-ring (bicyclic) bond motifs is 1. The molecule has 1 aromatic carbocycles. The van der Waals surface area contributed by atoms with Gasteiger partial charge in [-0.1, -0.05) is 0 Å². The normalized spacial score (nSPS) is 33.3. The summed E-state index contributed by atoms with van der Waals surface area (Å²) < 4.78 is 21.8. The molecule has 138 valence electrons. The van der Waals surface area contributed by atoms with Crippen LogP contribution in [0.25, 0.3) is 11.0 Å². The molecule has 0 unspecified atom stereocenters. The zero-order valence-electron chi connectivity index (χ0n) is 14.6. The van der Waals surface area contributed by atoms with Crippen LogP contribution < -0.4 is 10.4 Å². The molecule has 2 aromatic rings. The van der Waals surface area contributed by atoms with Crippen molar-refractivity contribution in [3.63, 3.8) is 0 Å². The highest BCUT2D eigenvalue weighted by molar-refractivity contribution is 5.81. The van der Waals surface area contributed by atoms with E-state index in [1.807, 2.05) is 13.0 Å². The fraction of sp³-hybridized carbons (Fsp3) is 0.474. The van der Waals surface area contributed by atoms with E-state index >= 15 is 0 Å². The summed E-state index contributed by atoms with van der Waals surface area (Å²) in [6, 6.07) is 8.37. The zero-order valence-corrected chi connectivity index (χ0v) is 14.6. The maximum absolute atomic E-state index is 11.6. The zero-order chi connectivity index (χ0) is 18.5. The van der Waals surface area contributed by atoms with Crippen LogP contribution in [0.1, 0.15) is 26.7 Å². The van der Waals surface area contributed by atoms with Gasteiger partial charge in [0.2, 0.25) is 0 Å². The van der Waals surface area contributed by atoms with Gasteiger partial charge in [0.15, 0.2) is 5.60 Å². The molecule has 2 saturated heterocycles. The van der Waals surface area contributed by atoms with Crippen molar-refractivity contribution in [3.05, 3.63) is 40.8 Å². The lowest BCUT2D eigenvalue weighted by Crippen LogP contribution is -2.29. The van der Waals surface area contributed by atoms with Gasteiger partial charge in [-0.25, -0.2) is 9.59 Å². The molecule has 1 N–H and O–H groups in total. The Bertz CT molecular complexity index is 915. The smallest absolute Gasteiger partial charge is 0.338 e. The standard InChI is InChI=1S/C19H20O7/c1-18(22)8-13(24-17(18)21)9-19(2)15(26-19)10-23-12-5-3-11-4-6-16(20)25-14(11)7-12/h3-7,13,15,22H,8-10H2,1-2H3/t13-,15-,18-,19+/m0/s1. The minimum Gasteiger partial charge on any atom is -0.491 e. The summed E-state index contributed by atoms with van der Waals surface area (Å²) in [5, 5.41) is 10.7. The second-order valence-electron chi connectivity index (χ2n) is 7.39. The lowest BCUT2D eigenvalue weighted by molar-refractivity contribution is -0.153. The molecule has 3 heterocycles. The van der Waals surface area contributed by atoms with E-state index in [0.717, 1.165) is 5.39 Å². The van der Waals surface area contributed by atoms with Crippen LogP contribution >= 0.6 is 0 Å². The monoisotopic (exact) mass is 360 g/mol. The Balaban J connectivity index is 1.35. The molecule has 2 fully saturated rings. The molecule has 0 bridgehead atoms. The third kappa shape index (κ3) is 3.20. The van der Waals surface area contributed by atoms with E-state index in [9.17, 15) is 14.7 Å². The van der Waals surface area contributed by atoms with E-state index in [4.69, 9.17) is 18.6 Å². The largest absolute Gasteiger partial charge is 0.491 e. The Morgan fingerprint density at radius 3 is 2.73 bits per heavy atom. The summed E-state index contributed by atoms with van der Waals surface area (Å²) in [5.41, 5.74) is -1.81. The van der Waals surface area contributed by atoms with Gasteiger partial charge < -0.3 is 23.7 Å². The summed E-state index contributed by atoms with van der Waals surface area (Å²) in [6.45, 7) is 3.72. The highest BCUT2D eigenvalue weighted by Crippen LogP contribution is 2.43. The van der Waals surface area contributed by atoms with Gasteiger partial charge in [-0.2, -0.15) is 0 Å². The number of ether oxygens (including phenoxy) is 3. The van der Waals surface area contributed by atoms with E-state index < -0.39 is 22.8 Å². The van der Waals surface area contributed by atoms with Crippen LogP contribution in [-0.4, -0.2) is 41.1 Å². The number of hydrogen-bond donors (Lipinski definition) is 1. The van der Waals surface area contributed by atoms with Gasteiger partial charge in [0.1, 0.15) is 30.1 Å². The molecule has 1 aromatic heterocycles. The fourth-order valence-corrected chi connectivity index (χ4v) is 3.40. The van der Waals surface area contributed by atoms with Crippen molar-refractivity contribution in [1.82, 2.24) is 0 Å². The van der Waals surface area contributed by atoms with E-state index in [1.54, 1.807) is 18.2 Å². The average molecular weight is 360 g/mol. The van der Waals surface area contributed by atoms with Crippen LogP contribution in [0.3, 0.4) is 0 Å². The van der Waals surface area contributed by atoms with Crippen molar-refractivity contribution in [2.45, 2.75) is 50.1 Å². The number of hydrogen-bond acceptors (Lipinski definition) is 7. The molecule has 2 aliphatic heterocycles. The molecule has 0 radical (unpaired) electrons. The number of carbonyl (C=O) groups is 1. The van der Waals surface area contributed by atoms with Gasteiger partial charge in [0, 0.05) is 30.4 Å². The highest BCUT2D eigenvalue weighted by Gasteiger charge is 2.56. The number of aliphatic hydroxyl groups is 1. The van der Waals surface area contributed by atoms with Crippen molar-refractivity contribution < 1.29 is 28.5 Å². The first kappa shape index (κ1) is 17.1. The van der Waals surface area contributed by atoms with Crippen LogP contribution in [0.2, 0.25) is 0 Å². The summed E-state index contributed by atoms with van der Waals surface area (Å²) in [6.07, 6.45) is 0.282. The quantitative estimate of drug-likeness (QED) is 0.493. The molecule has 0 aliphatic carbocycles. The second kappa shape index (κ2) is 5.82. The highest BCUT2D eigenvalue weighted by atomic mass is 16.6. The maximum Gasteiger partial charge on any atom is 0.338 e. The van der Waals surface area contributed by atoms with Gasteiger partial charge in [0.25, 0.3) is 0 Å². The van der Waals surface area contributed by atoms with Gasteiger partial charge in [-0.05, 0) is 32.0 Å². The van der Waals surface area contributed by atoms with E-state index in [0.29, 0.717) is 24.4 Å². The van der Waals surface area contributed by atoms with Crippen molar-refractivity contribution in [2.24, 2.45) is 0 Å². The molecule has 4 atom stereocenters. The lowest BCUT2D eigenvalue weighted by atomic mass is 9.94. The molecule has 7 heteroatoms. The second-order valence-corrected chi connectivity index (χ2v) is 7.39. The molecule has 0 spiro atoms. The summed E-state index contributed by atoms with van der Waals surface area (Å²) in [5.74, 6) is -0.00265. The van der Waals surface area contributed by atoms with E-state index in [2.05, 4.69) is 0 Å². The summed E-state index contributed by atoms with van der Waals surface area (Å²) in [4.78, 5) is 22.9. The first-order valence-electron chi connectivity index (χ1n) is 8.53. The predicted molar refractivity (Wildman–Crippen MR) is 91.0 cm³/mol. The van der Waals surface area contributed by atoms with Gasteiger partial charge in [-0.3, -0.25) is 0 Å². The van der Waals surface area contributed by atoms with Crippen LogP contribution in [0.15, 0.2) is 39.5 Å². The molecule has 7 nitrogen and oxygen atoms in total. The lowest BCUT2D eigenvalue weighted by Gasteiger charge is -2.13. The average Bonchev–Trinajstić information content (AvgIpc) is 3.12. The van der Waals surface area contributed by atoms with Crippen LogP contribution in [0, 0.1) is 0 Å². The predicted octanol–water partition coefficient (Wildman–Crippen LogP) is 1.79. The van der Waals surface area contributed by atoms with E-state index in [-0.39, 0.29) is 18.6 Å². The maximum atomic E-state index is 11.6. The molecule has 4 rings (SSSR count).